The number of hydrogen-bond acceptors (Lipinski definition) is 4. The molecule has 1 aliphatic heterocycles. The molecule has 23 heavy (non-hydrogen) atoms. The number of hydrogen-bond donors (Lipinski definition) is 0. The lowest BCUT2D eigenvalue weighted by Gasteiger charge is -2.34. The molecule has 0 radical (unpaired) electrons. The summed E-state index contributed by atoms with van der Waals surface area (Å²) in [5.74, 6) is 0.748. The van der Waals surface area contributed by atoms with E-state index in [1.54, 1.807) is 7.11 Å². The number of amides is 1. The topological polar surface area (TPSA) is 55.6 Å². The molecule has 122 valence electrons. The number of carbonyl (C=O) groups excluding carboxylic acids is 1. The second-order valence-electron chi connectivity index (χ2n) is 5.90. The Balaban J connectivity index is 1.86. The Morgan fingerprint density at radius 1 is 1.35 bits per heavy atom. The van der Waals surface area contributed by atoms with Gasteiger partial charge < -0.3 is 14.1 Å². The van der Waals surface area contributed by atoms with E-state index in [0.29, 0.717) is 24.0 Å². The number of rotatable bonds is 4. The SMILES string of the molecule is COCC1CCCCN1C(=O)c1oc(-c2ccccc2)nc1C. The summed E-state index contributed by atoms with van der Waals surface area (Å²) in [6.45, 7) is 3.12. The predicted octanol–water partition coefficient (Wildman–Crippen LogP) is 3.29. The highest BCUT2D eigenvalue weighted by molar-refractivity contribution is 5.93. The second-order valence-corrected chi connectivity index (χ2v) is 5.90. The summed E-state index contributed by atoms with van der Waals surface area (Å²) in [7, 11) is 1.67. The van der Waals surface area contributed by atoms with Crippen molar-refractivity contribution in [2.75, 3.05) is 20.3 Å². The van der Waals surface area contributed by atoms with Gasteiger partial charge in [0.2, 0.25) is 11.7 Å². The number of methoxy groups -OCH3 is 1. The van der Waals surface area contributed by atoms with Crippen molar-refractivity contribution in [2.45, 2.75) is 32.2 Å². The molecule has 1 atom stereocenters. The van der Waals surface area contributed by atoms with E-state index in [-0.39, 0.29) is 11.9 Å². The zero-order valence-electron chi connectivity index (χ0n) is 13.6. The first-order chi connectivity index (χ1) is 11.2. The zero-order valence-corrected chi connectivity index (χ0v) is 13.6. The van der Waals surface area contributed by atoms with Gasteiger partial charge in [0, 0.05) is 19.2 Å². The summed E-state index contributed by atoms with van der Waals surface area (Å²) in [6.07, 6.45) is 3.12. The van der Waals surface area contributed by atoms with Crippen LogP contribution in [0.2, 0.25) is 0 Å². The first-order valence-electron chi connectivity index (χ1n) is 8.03. The number of aryl methyl sites for hydroxylation is 1. The van der Waals surface area contributed by atoms with Gasteiger partial charge in [-0.05, 0) is 38.3 Å². The molecule has 5 nitrogen and oxygen atoms in total. The fraction of sp³-hybridized carbons (Fsp3) is 0.444. The molecule has 0 aliphatic carbocycles. The van der Waals surface area contributed by atoms with Crippen molar-refractivity contribution >= 4 is 5.91 Å². The number of piperidine rings is 1. The summed E-state index contributed by atoms with van der Waals surface area (Å²) in [6, 6.07) is 9.76. The largest absolute Gasteiger partial charge is 0.431 e. The minimum Gasteiger partial charge on any atom is -0.431 e. The molecule has 0 N–H and O–H groups in total. The number of likely N-dealkylation sites (tertiary alicyclic amines) is 1. The fourth-order valence-corrected chi connectivity index (χ4v) is 3.06. The first kappa shape index (κ1) is 15.7. The summed E-state index contributed by atoms with van der Waals surface area (Å²) in [4.78, 5) is 19.2. The summed E-state index contributed by atoms with van der Waals surface area (Å²) in [5, 5.41) is 0. The minimum atomic E-state index is -0.0843. The van der Waals surface area contributed by atoms with Gasteiger partial charge in [0.05, 0.1) is 18.3 Å². The van der Waals surface area contributed by atoms with Crippen molar-refractivity contribution < 1.29 is 13.9 Å². The molecule has 1 amide bonds. The lowest BCUT2D eigenvalue weighted by atomic mass is 10.0. The molecule has 1 aliphatic rings. The lowest BCUT2D eigenvalue weighted by molar-refractivity contribution is 0.0401. The molecule has 1 aromatic heterocycles. The van der Waals surface area contributed by atoms with Gasteiger partial charge in [-0.2, -0.15) is 0 Å². The van der Waals surface area contributed by atoms with E-state index in [2.05, 4.69) is 4.98 Å². The quantitative estimate of drug-likeness (QED) is 0.869. The number of benzene rings is 1. The van der Waals surface area contributed by atoms with Crippen LogP contribution in [0, 0.1) is 6.92 Å². The van der Waals surface area contributed by atoms with Gasteiger partial charge in [-0.25, -0.2) is 4.98 Å². The molecule has 2 aromatic rings. The average molecular weight is 314 g/mol. The number of ether oxygens (including phenoxy) is 1. The summed E-state index contributed by atoms with van der Waals surface area (Å²) in [5.41, 5.74) is 1.51. The van der Waals surface area contributed by atoms with Crippen LogP contribution in [0.15, 0.2) is 34.7 Å². The van der Waals surface area contributed by atoms with Crippen LogP contribution >= 0.6 is 0 Å². The molecule has 5 heteroatoms. The van der Waals surface area contributed by atoms with Crippen LogP contribution in [-0.2, 0) is 4.74 Å². The Hall–Kier alpha value is -2.14. The third-order valence-corrected chi connectivity index (χ3v) is 4.26. The Labute approximate surface area is 136 Å². The smallest absolute Gasteiger partial charge is 0.291 e. The molecule has 1 aromatic carbocycles. The third-order valence-electron chi connectivity index (χ3n) is 4.26. The van der Waals surface area contributed by atoms with Gasteiger partial charge in [0.15, 0.2) is 0 Å². The third kappa shape index (κ3) is 3.29. The zero-order chi connectivity index (χ0) is 16.2. The van der Waals surface area contributed by atoms with Crippen LogP contribution in [0.1, 0.15) is 35.5 Å². The van der Waals surface area contributed by atoms with Crippen LogP contribution in [-0.4, -0.2) is 42.1 Å². The number of carbonyl (C=O) groups is 1. The summed E-state index contributed by atoms with van der Waals surface area (Å²) < 4.78 is 11.1. The van der Waals surface area contributed by atoms with E-state index in [9.17, 15) is 4.79 Å². The normalized spacial score (nSPS) is 18.2. The number of aromatic nitrogens is 1. The maximum absolute atomic E-state index is 12.9. The monoisotopic (exact) mass is 314 g/mol. The van der Waals surface area contributed by atoms with Crippen LogP contribution < -0.4 is 0 Å². The van der Waals surface area contributed by atoms with Crippen LogP contribution in [0.25, 0.3) is 11.5 Å². The van der Waals surface area contributed by atoms with E-state index in [4.69, 9.17) is 9.15 Å². The van der Waals surface area contributed by atoms with Crippen molar-refractivity contribution in [1.82, 2.24) is 9.88 Å². The second kappa shape index (κ2) is 6.96. The van der Waals surface area contributed by atoms with E-state index < -0.39 is 0 Å². The highest BCUT2D eigenvalue weighted by Crippen LogP contribution is 2.25. The van der Waals surface area contributed by atoms with Crippen LogP contribution in [0.5, 0.6) is 0 Å². The molecule has 3 rings (SSSR count). The van der Waals surface area contributed by atoms with E-state index in [1.807, 2.05) is 42.2 Å². The van der Waals surface area contributed by atoms with Gasteiger partial charge in [-0.1, -0.05) is 18.2 Å². The molecule has 1 unspecified atom stereocenters. The minimum absolute atomic E-state index is 0.0843. The molecular formula is C18H22N2O3. The van der Waals surface area contributed by atoms with Gasteiger partial charge in [-0.15, -0.1) is 0 Å². The highest BCUT2D eigenvalue weighted by Gasteiger charge is 2.31. The van der Waals surface area contributed by atoms with Gasteiger partial charge in [-0.3, -0.25) is 4.79 Å². The predicted molar refractivity (Wildman–Crippen MR) is 87.2 cm³/mol. The van der Waals surface area contributed by atoms with Crippen molar-refractivity contribution in [3.63, 3.8) is 0 Å². The number of nitrogens with zero attached hydrogens (tertiary/aromatic N) is 2. The fourth-order valence-electron chi connectivity index (χ4n) is 3.06. The van der Waals surface area contributed by atoms with E-state index in [0.717, 1.165) is 31.4 Å². The Bertz CT molecular complexity index is 664. The van der Waals surface area contributed by atoms with Crippen molar-refractivity contribution in [2.24, 2.45) is 0 Å². The Morgan fingerprint density at radius 3 is 2.87 bits per heavy atom. The standard InChI is InChI=1S/C18H22N2O3/c1-13-16(23-17(19-13)14-8-4-3-5-9-14)18(21)20-11-7-6-10-15(20)12-22-2/h3-5,8-9,15H,6-7,10-12H2,1-2H3. The van der Waals surface area contributed by atoms with Crippen molar-refractivity contribution in [1.29, 1.82) is 0 Å². The summed E-state index contributed by atoms with van der Waals surface area (Å²) >= 11 is 0. The molecule has 0 saturated carbocycles. The van der Waals surface area contributed by atoms with Gasteiger partial charge in [0.25, 0.3) is 5.91 Å². The van der Waals surface area contributed by atoms with Crippen LogP contribution in [0.3, 0.4) is 0 Å². The molecule has 0 spiro atoms. The maximum atomic E-state index is 12.9. The van der Waals surface area contributed by atoms with E-state index >= 15 is 0 Å². The number of oxazole rings is 1. The molecular weight excluding hydrogens is 292 g/mol. The highest BCUT2D eigenvalue weighted by atomic mass is 16.5. The molecule has 0 bridgehead atoms. The Morgan fingerprint density at radius 2 is 2.13 bits per heavy atom. The van der Waals surface area contributed by atoms with E-state index in [1.165, 1.54) is 0 Å². The lowest BCUT2D eigenvalue weighted by Crippen LogP contribution is -2.46. The van der Waals surface area contributed by atoms with Crippen molar-refractivity contribution in [3.05, 3.63) is 41.8 Å². The maximum Gasteiger partial charge on any atom is 0.291 e. The first-order valence-corrected chi connectivity index (χ1v) is 8.03. The van der Waals surface area contributed by atoms with Crippen molar-refractivity contribution in [3.8, 4) is 11.5 Å². The molecule has 2 heterocycles. The van der Waals surface area contributed by atoms with Gasteiger partial charge in [0.1, 0.15) is 0 Å². The average Bonchev–Trinajstić information content (AvgIpc) is 2.98. The van der Waals surface area contributed by atoms with Crippen LogP contribution in [0.4, 0.5) is 0 Å². The molecule has 1 fully saturated rings. The van der Waals surface area contributed by atoms with Gasteiger partial charge >= 0.3 is 0 Å². The Kier molecular flexibility index (Phi) is 4.76. The molecule has 1 saturated heterocycles.